The van der Waals surface area contributed by atoms with Gasteiger partial charge in [-0.2, -0.15) is 0 Å². The largest absolute Gasteiger partial charge is 0.680 e. The predicted octanol–water partition coefficient (Wildman–Crippen LogP) is 4.41. The summed E-state index contributed by atoms with van der Waals surface area (Å²) in [5.41, 5.74) is 0. The Balaban J connectivity index is 1.66. The highest BCUT2D eigenvalue weighted by molar-refractivity contribution is 7.76. The lowest BCUT2D eigenvalue weighted by atomic mass is 10.4. The van der Waals surface area contributed by atoms with Crippen LogP contribution in [0.2, 0.25) is 0 Å². The molecule has 4 aromatic rings. The molecule has 4 rings (SSSR count). The van der Waals surface area contributed by atoms with Gasteiger partial charge in [0, 0.05) is 21.2 Å². The van der Waals surface area contributed by atoms with Crippen molar-refractivity contribution < 1.29 is 16.3 Å². The first-order chi connectivity index (χ1) is 15.1. The van der Waals surface area contributed by atoms with E-state index in [1.165, 1.54) is 0 Å². The fourth-order valence-electron chi connectivity index (χ4n) is 3.18. The molecule has 0 aliphatic carbocycles. The third-order valence-electron chi connectivity index (χ3n) is 4.77. The minimum absolute atomic E-state index is 0.576. The van der Waals surface area contributed by atoms with Crippen LogP contribution in [0.5, 0.6) is 0 Å². The molecule has 1 radical (unpaired) electrons. The molecule has 0 N–H and O–H groups in total. The zero-order valence-electron chi connectivity index (χ0n) is 16.7. The van der Waals surface area contributed by atoms with Crippen LogP contribution >= 0.6 is 14.7 Å². The van der Waals surface area contributed by atoms with Crippen molar-refractivity contribution in [3.63, 3.8) is 0 Å². The van der Waals surface area contributed by atoms with E-state index in [4.69, 9.17) is 7.15 Å². The smallest absolute Gasteiger partial charge is 0.428 e. The summed E-state index contributed by atoms with van der Waals surface area (Å²) in [5, 5.41) is 2.30. The van der Waals surface area contributed by atoms with Crippen molar-refractivity contribution in [2.45, 2.75) is 0 Å². The Morgan fingerprint density at radius 2 is 0.645 bits per heavy atom. The SMILES string of the molecule is O=P([O][Al][O]P(=O)(c1ccccc1)c1ccccc1)(c1ccccc1)c1ccccc1. The Bertz CT molecular complexity index is 1020. The Kier molecular flexibility index (Phi) is 7.06. The van der Waals surface area contributed by atoms with Crippen molar-refractivity contribution in [1.82, 2.24) is 0 Å². The van der Waals surface area contributed by atoms with Gasteiger partial charge < -0.3 is 7.15 Å². The molecule has 0 heterocycles. The van der Waals surface area contributed by atoms with Crippen LogP contribution in [0, 0.1) is 0 Å². The van der Waals surface area contributed by atoms with Crippen molar-refractivity contribution in [1.29, 1.82) is 0 Å². The average molecular weight is 461 g/mol. The van der Waals surface area contributed by atoms with Gasteiger partial charge in [-0.3, -0.25) is 9.13 Å². The zero-order valence-corrected chi connectivity index (χ0v) is 19.6. The molecule has 0 aliphatic heterocycles. The quantitative estimate of drug-likeness (QED) is 0.288. The summed E-state index contributed by atoms with van der Waals surface area (Å²) >= 11 is -1.29. The Morgan fingerprint density at radius 1 is 0.419 bits per heavy atom. The maximum Gasteiger partial charge on any atom is 0.680 e. The van der Waals surface area contributed by atoms with Crippen LogP contribution in [0.1, 0.15) is 0 Å². The first-order valence-electron chi connectivity index (χ1n) is 9.74. The summed E-state index contributed by atoms with van der Waals surface area (Å²) < 4.78 is 40.0. The fourth-order valence-corrected chi connectivity index (χ4v) is 9.45. The van der Waals surface area contributed by atoms with Gasteiger partial charge in [-0.05, 0) is 48.5 Å². The van der Waals surface area contributed by atoms with Gasteiger partial charge in [0.25, 0.3) is 0 Å². The van der Waals surface area contributed by atoms with Gasteiger partial charge in [0.05, 0.1) is 0 Å². The molecule has 0 spiro atoms. The van der Waals surface area contributed by atoms with E-state index in [-0.39, 0.29) is 0 Å². The number of hydrogen-bond donors (Lipinski definition) is 0. The van der Waals surface area contributed by atoms with Gasteiger partial charge in [0.15, 0.2) is 0 Å². The van der Waals surface area contributed by atoms with E-state index in [0.29, 0.717) is 21.2 Å². The van der Waals surface area contributed by atoms with Gasteiger partial charge in [-0.25, -0.2) is 0 Å². The first-order valence-corrected chi connectivity index (χ1v) is 13.9. The second-order valence-corrected chi connectivity index (χ2v) is 12.9. The highest BCUT2D eigenvalue weighted by Crippen LogP contribution is 2.48. The van der Waals surface area contributed by atoms with Crippen molar-refractivity contribution in [2.75, 3.05) is 0 Å². The monoisotopic (exact) mass is 461 g/mol. The molecular weight excluding hydrogens is 441 g/mol. The fraction of sp³-hybridized carbons (Fsp3) is 0. The van der Waals surface area contributed by atoms with Crippen LogP contribution in [0.25, 0.3) is 0 Å². The highest BCUT2D eigenvalue weighted by atomic mass is 31.2. The number of rotatable bonds is 8. The van der Waals surface area contributed by atoms with Crippen LogP contribution in [0.3, 0.4) is 0 Å². The molecule has 0 aromatic heterocycles. The topological polar surface area (TPSA) is 52.6 Å². The van der Waals surface area contributed by atoms with Crippen LogP contribution in [-0.4, -0.2) is 15.9 Å². The van der Waals surface area contributed by atoms with Crippen LogP contribution in [0.4, 0.5) is 0 Å². The van der Waals surface area contributed by atoms with Gasteiger partial charge in [0.2, 0.25) is 14.7 Å². The second-order valence-electron chi connectivity index (χ2n) is 6.75. The maximum atomic E-state index is 14.0. The lowest BCUT2D eigenvalue weighted by Gasteiger charge is -2.23. The average Bonchev–Trinajstić information content (AvgIpc) is 2.86. The first kappa shape index (κ1) is 22.0. The van der Waals surface area contributed by atoms with E-state index in [1.54, 1.807) is 48.5 Å². The van der Waals surface area contributed by atoms with Crippen LogP contribution in [-0.2, 0) is 16.3 Å². The minimum atomic E-state index is -3.40. The van der Waals surface area contributed by atoms with E-state index < -0.39 is 30.6 Å². The van der Waals surface area contributed by atoms with Crippen molar-refractivity contribution in [2.24, 2.45) is 0 Å². The summed E-state index contributed by atoms with van der Waals surface area (Å²) in [4.78, 5) is 0. The van der Waals surface area contributed by atoms with E-state index in [0.717, 1.165) is 0 Å². The molecule has 0 fully saturated rings. The van der Waals surface area contributed by atoms with Gasteiger partial charge in [-0.1, -0.05) is 72.8 Å². The Labute approximate surface area is 189 Å². The van der Waals surface area contributed by atoms with Gasteiger partial charge >= 0.3 is 15.9 Å². The lowest BCUT2D eigenvalue weighted by Crippen LogP contribution is -2.23. The number of benzene rings is 4. The molecule has 0 saturated carbocycles. The molecule has 4 aromatic carbocycles. The van der Waals surface area contributed by atoms with Crippen molar-refractivity contribution >= 4 is 51.8 Å². The highest BCUT2D eigenvalue weighted by Gasteiger charge is 2.34. The number of hydrogen-bond acceptors (Lipinski definition) is 4. The summed E-state index contributed by atoms with van der Waals surface area (Å²) in [7, 11) is -6.80. The zero-order chi connectivity index (χ0) is 21.6. The molecule has 0 unspecified atom stereocenters. The summed E-state index contributed by atoms with van der Waals surface area (Å²) in [5.74, 6) is 0. The van der Waals surface area contributed by atoms with Crippen molar-refractivity contribution in [3.8, 4) is 0 Å². The van der Waals surface area contributed by atoms with E-state index in [1.807, 2.05) is 72.8 Å². The standard InChI is InChI=1S/2C12H11O2P.Al/c2*13-15(14,11-7-3-1-4-8-11)12-9-5-2-6-10-12;/h2*1-10H,(H,13,14);/q;;+2/p-2. The molecule has 0 saturated heterocycles. The molecule has 153 valence electrons. The van der Waals surface area contributed by atoms with Gasteiger partial charge in [0.1, 0.15) is 0 Å². The van der Waals surface area contributed by atoms with Crippen LogP contribution < -0.4 is 21.2 Å². The molecule has 4 nitrogen and oxygen atoms in total. The molecule has 0 aliphatic rings. The normalized spacial score (nSPS) is 11.7. The maximum absolute atomic E-state index is 14.0. The third kappa shape index (κ3) is 4.84. The van der Waals surface area contributed by atoms with E-state index in [2.05, 4.69) is 0 Å². The Hall–Kier alpha value is -2.21. The summed E-state index contributed by atoms with van der Waals surface area (Å²) in [6.07, 6.45) is 0. The molecule has 0 bridgehead atoms. The Morgan fingerprint density at radius 3 is 0.871 bits per heavy atom. The van der Waals surface area contributed by atoms with E-state index in [9.17, 15) is 9.13 Å². The summed E-state index contributed by atoms with van der Waals surface area (Å²) in [6, 6.07) is 36.3. The van der Waals surface area contributed by atoms with Gasteiger partial charge in [-0.15, -0.1) is 0 Å². The van der Waals surface area contributed by atoms with E-state index >= 15 is 0 Å². The molecule has 0 atom stereocenters. The van der Waals surface area contributed by atoms with Crippen LogP contribution in [0.15, 0.2) is 121 Å². The second kappa shape index (κ2) is 9.94. The lowest BCUT2D eigenvalue weighted by molar-refractivity contribution is 0.446. The minimum Gasteiger partial charge on any atom is -0.428 e. The summed E-state index contributed by atoms with van der Waals surface area (Å²) in [6.45, 7) is 0. The molecule has 7 heteroatoms. The molecular formula is C24H20AlO4P2. The third-order valence-corrected chi connectivity index (χ3v) is 11.7. The van der Waals surface area contributed by atoms with Crippen molar-refractivity contribution in [3.05, 3.63) is 121 Å². The predicted molar refractivity (Wildman–Crippen MR) is 127 cm³/mol. The molecule has 31 heavy (non-hydrogen) atoms. The molecule has 0 amide bonds.